The fraction of sp³-hybridized carbons (Fsp3) is 0.333. The second-order valence-corrected chi connectivity index (χ2v) is 4.58. The molecule has 0 aromatic heterocycles. The van der Waals surface area contributed by atoms with Crippen molar-refractivity contribution in [2.24, 2.45) is 0 Å². The summed E-state index contributed by atoms with van der Waals surface area (Å²) >= 11 is 5.27. The molecular formula is C12H11FN2S. The third-order valence-corrected chi connectivity index (χ3v) is 3.02. The summed E-state index contributed by atoms with van der Waals surface area (Å²) in [7, 11) is 0. The second-order valence-electron chi connectivity index (χ2n) is 4.11. The van der Waals surface area contributed by atoms with Gasteiger partial charge in [0, 0.05) is 18.2 Å². The Balaban J connectivity index is 2.57. The van der Waals surface area contributed by atoms with Crippen molar-refractivity contribution in [3.63, 3.8) is 0 Å². The average Bonchev–Trinajstić information content (AvgIpc) is 2.51. The summed E-state index contributed by atoms with van der Waals surface area (Å²) in [6.07, 6.45) is 0.623. The van der Waals surface area contributed by atoms with E-state index in [2.05, 4.69) is 0 Å². The molecule has 1 aliphatic heterocycles. The summed E-state index contributed by atoms with van der Waals surface area (Å²) in [5, 5.41) is 8.75. The number of nitrogens with zero attached hydrogens (tertiary/aromatic N) is 2. The van der Waals surface area contributed by atoms with Crippen LogP contribution >= 0.6 is 12.2 Å². The van der Waals surface area contributed by atoms with Gasteiger partial charge in [0.1, 0.15) is 11.9 Å². The minimum atomic E-state index is -0.475. The van der Waals surface area contributed by atoms with Crippen LogP contribution in [0.4, 0.5) is 10.1 Å². The molecule has 0 atom stereocenters. The Morgan fingerprint density at radius 1 is 1.50 bits per heavy atom. The van der Waals surface area contributed by atoms with E-state index in [1.54, 1.807) is 6.07 Å². The lowest BCUT2D eigenvalue weighted by Gasteiger charge is -2.24. The van der Waals surface area contributed by atoms with E-state index in [0.717, 1.165) is 16.2 Å². The monoisotopic (exact) mass is 234 g/mol. The van der Waals surface area contributed by atoms with Crippen LogP contribution < -0.4 is 4.90 Å². The van der Waals surface area contributed by atoms with Gasteiger partial charge in [-0.05, 0) is 31.5 Å². The average molecular weight is 234 g/mol. The Morgan fingerprint density at radius 2 is 2.19 bits per heavy atom. The standard InChI is InChI=1S/C12H11FN2S/c1-7(2)15-11-5-10(13)9(6-14)3-8(11)4-12(15)16/h3,5,7H,4H2,1-2H3. The summed E-state index contributed by atoms with van der Waals surface area (Å²) in [5.74, 6) is -0.475. The van der Waals surface area contributed by atoms with Gasteiger partial charge in [-0.1, -0.05) is 12.2 Å². The van der Waals surface area contributed by atoms with Gasteiger partial charge in [-0.25, -0.2) is 4.39 Å². The molecule has 2 nitrogen and oxygen atoms in total. The van der Waals surface area contributed by atoms with E-state index in [9.17, 15) is 4.39 Å². The number of rotatable bonds is 1. The van der Waals surface area contributed by atoms with Crippen LogP contribution in [0.5, 0.6) is 0 Å². The summed E-state index contributed by atoms with van der Waals surface area (Å²) in [6, 6.07) is 5.06. The van der Waals surface area contributed by atoms with E-state index in [1.807, 2.05) is 24.8 Å². The van der Waals surface area contributed by atoms with Gasteiger partial charge >= 0.3 is 0 Å². The maximum atomic E-state index is 13.5. The maximum absolute atomic E-state index is 13.5. The van der Waals surface area contributed by atoms with E-state index < -0.39 is 5.82 Å². The summed E-state index contributed by atoms with van der Waals surface area (Å²) in [6.45, 7) is 4.02. The number of fused-ring (bicyclic) bond motifs is 1. The Kier molecular flexibility index (Phi) is 2.64. The fourth-order valence-corrected chi connectivity index (χ4v) is 2.47. The molecule has 0 saturated carbocycles. The molecule has 1 heterocycles. The van der Waals surface area contributed by atoms with E-state index >= 15 is 0 Å². The lowest BCUT2D eigenvalue weighted by Crippen LogP contribution is -2.32. The van der Waals surface area contributed by atoms with Gasteiger partial charge in [-0.3, -0.25) is 0 Å². The van der Waals surface area contributed by atoms with Gasteiger partial charge in [0.25, 0.3) is 0 Å². The fourth-order valence-electron chi connectivity index (χ4n) is 2.01. The van der Waals surface area contributed by atoms with Crippen LogP contribution in [0.3, 0.4) is 0 Å². The van der Waals surface area contributed by atoms with Gasteiger partial charge in [0.2, 0.25) is 0 Å². The van der Waals surface area contributed by atoms with Crippen molar-refractivity contribution in [1.29, 1.82) is 5.26 Å². The Hall–Kier alpha value is -1.47. The number of hydrogen-bond donors (Lipinski definition) is 0. The first-order valence-corrected chi connectivity index (χ1v) is 5.50. The van der Waals surface area contributed by atoms with Gasteiger partial charge in [-0.2, -0.15) is 5.26 Å². The van der Waals surface area contributed by atoms with Gasteiger partial charge < -0.3 is 4.90 Å². The van der Waals surface area contributed by atoms with Crippen molar-refractivity contribution < 1.29 is 4.39 Å². The highest BCUT2D eigenvalue weighted by Gasteiger charge is 2.27. The van der Waals surface area contributed by atoms with Crippen LogP contribution in [-0.2, 0) is 6.42 Å². The molecular weight excluding hydrogens is 223 g/mol. The van der Waals surface area contributed by atoms with Crippen LogP contribution in [-0.4, -0.2) is 11.0 Å². The smallest absolute Gasteiger partial charge is 0.143 e. The minimum absolute atomic E-state index is 0.0900. The normalized spacial score (nSPS) is 14.2. The Bertz CT molecular complexity index is 502. The minimum Gasteiger partial charge on any atom is -0.333 e. The number of hydrogen-bond acceptors (Lipinski definition) is 2. The zero-order valence-corrected chi connectivity index (χ0v) is 9.94. The predicted molar refractivity (Wildman–Crippen MR) is 65.0 cm³/mol. The van der Waals surface area contributed by atoms with E-state index in [1.165, 1.54) is 6.07 Å². The Labute approximate surface area is 99.3 Å². The van der Waals surface area contributed by atoms with Crippen molar-refractivity contribution in [3.05, 3.63) is 29.1 Å². The summed E-state index contributed by atoms with van der Waals surface area (Å²) in [4.78, 5) is 2.73. The largest absolute Gasteiger partial charge is 0.333 e. The number of thiocarbonyl (C=S) groups is 1. The number of benzene rings is 1. The van der Waals surface area contributed by atoms with Gasteiger partial charge in [0.05, 0.1) is 10.6 Å². The van der Waals surface area contributed by atoms with Crippen LogP contribution in [0.15, 0.2) is 12.1 Å². The third-order valence-electron chi connectivity index (χ3n) is 2.68. The number of anilines is 1. The molecule has 0 saturated heterocycles. The zero-order valence-electron chi connectivity index (χ0n) is 9.12. The quantitative estimate of drug-likeness (QED) is 0.699. The molecule has 0 amide bonds. The molecule has 1 aliphatic rings. The SMILES string of the molecule is CC(C)N1C(=S)Cc2cc(C#N)c(F)cc21. The van der Waals surface area contributed by atoms with Crippen LogP contribution in [0, 0.1) is 17.1 Å². The van der Waals surface area contributed by atoms with Crippen LogP contribution in [0.1, 0.15) is 25.0 Å². The molecule has 1 aromatic carbocycles. The molecule has 0 fully saturated rings. The topological polar surface area (TPSA) is 27.0 Å². The molecule has 16 heavy (non-hydrogen) atoms. The van der Waals surface area contributed by atoms with Crippen molar-refractivity contribution in [3.8, 4) is 6.07 Å². The predicted octanol–water partition coefficient (Wildman–Crippen LogP) is 2.80. The first-order chi connectivity index (χ1) is 7.54. The van der Waals surface area contributed by atoms with Crippen molar-refractivity contribution >= 4 is 22.9 Å². The van der Waals surface area contributed by atoms with Gasteiger partial charge in [0.15, 0.2) is 0 Å². The molecule has 82 valence electrons. The van der Waals surface area contributed by atoms with Crippen molar-refractivity contribution in [1.82, 2.24) is 0 Å². The summed E-state index contributed by atoms with van der Waals surface area (Å²) in [5.41, 5.74) is 1.83. The first-order valence-electron chi connectivity index (χ1n) is 5.09. The molecule has 0 radical (unpaired) electrons. The second kappa shape index (κ2) is 3.84. The maximum Gasteiger partial charge on any atom is 0.143 e. The summed E-state index contributed by atoms with van der Waals surface area (Å²) < 4.78 is 13.5. The van der Waals surface area contributed by atoms with Crippen molar-refractivity contribution in [2.75, 3.05) is 4.90 Å². The highest BCUT2D eigenvalue weighted by atomic mass is 32.1. The highest BCUT2D eigenvalue weighted by molar-refractivity contribution is 7.80. The van der Waals surface area contributed by atoms with Crippen molar-refractivity contribution in [2.45, 2.75) is 26.3 Å². The molecule has 1 aromatic rings. The molecule has 0 aliphatic carbocycles. The van der Waals surface area contributed by atoms with E-state index in [4.69, 9.17) is 17.5 Å². The van der Waals surface area contributed by atoms with E-state index in [0.29, 0.717) is 6.42 Å². The lowest BCUT2D eigenvalue weighted by atomic mass is 10.1. The van der Waals surface area contributed by atoms with Gasteiger partial charge in [-0.15, -0.1) is 0 Å². The highest BCUT2D eigenvalue weighted by Crippen LogP contribution is 2.33. The number of nitriles is 1. The molecule has 0 unspecified atom stereocenters. The zero-order chi connectivity index (χ0) is 11.9. The molecule has 0 spiro atoms. The molecule has 4 heteroatoms. The lowest BCUT2D eigenvalue weighted by molar-refractivity contribution is 0.623. The molecule has 2 rings (SSSR count). The van der Waals surface area contributed by atoms with Crippen LogP contribution in [0.2, 0.25) is 0 Å². The Morgan fingerprint density at radius 3 is 2.75 bits per heavy atom. The molecule has 0 N–H and O–H groups in total. The van der Waals surface area contributed by atoms with Crippen LogP contribution in [0.25, 0.3) is 0 Å². The third kappa shape index (κ3) is 1.57. The van der Waals surface area contributed by atoms with E-state index in [-0.39, 0.29) is 11.6 Å². The first kappa shape index (κ1) is 11.0. The molecule has 0 bridgehead atoms. The number of halogens is 1.